The van der Waals surface area contributed by atoms with Crippen molar-refractivity contribution in [3.8, 4) is 33.6 Å². The van der Waals surface area contributed by atoms with E-state index in [-0.39, 0.29) is 25.7 Å². The van der Waals surface area contributed by atoms with Gasteiger partial charge in [-0.15, -0.1) is 59.7 Å². The van der Waals surface area contributed by atoms with Crippen LogP contribution in [0, 0.1) is 26.0 Å². The van der Waals surface area contributed by atoms with Gasteiger partial charge in [-0.25, -0.2) is 8.78 Å². The molecule has 4 aromatic carbocycles. The molecule has 0 aliphatic heterocycles. The van der Waals surface area contributed by atoms with Gasteiger partial charge in [0.15, 0.2) is 0 Å². The maximum Gasteiger partial charge on any atom is 0.263 e. The molecule has 7 aromatic rings. The van der Waals surface area contributed by atoms with Crippen molar-refractivity contribution in [2.75, 3.05) is 0 Å². The predicted molar refractivity (Wildman–Crippen MR) is 193 cm³/mol. The van der Waals surface area contributed by atoms with Crippen molar-refractivity contribution < 1.29 is 30.3 Å². The standard InChI is InChI=1S/C25H16F2NS.C15H18NSi.Ir/c1-15-12-18(16-6-3-2-4-7-16)13-21-19-8-5-9-20(24(19)29-23(15)21)22-14-17(25(26)27)10-11-28-22;1-12-10-14(13-8-6-5-7-9-13)16-11-15(12)17(2,3)4;/h2-8,10-14,25H,1H3;5-8,10-11H,1-4H3;/q2*-1;/i25D;;. The Morgan fingerprint density at radius 1 is 0.745 bits per heavy atom. The van der Waals surface area contributed by atoms with Crippen molar-refractivity contribution in [3.05, 3.63) is 138 Å². The fourth-order valence-corrected chi connectivity index (χ4v) is 8.69. The van der Waals surface area contributed by atoms with E-state index in [9.17, 15) is 8.78 Å². The zero-order chi connectivity index (χ0) is 33.3. The predicted octanol–water partition coefficient (Wildman–Crippen LogP) is 11.2. The first-order valence-corrected chi connectivity index (χ1v) is 19.4. The number of hydrogen-bond donors (Lipinski definition) is 0. The van der Waals surface area contributed by atoms with E-state index in [2.05, 4.69) is 98.2 Å². The number of hydrogen-bond acceptors (Lipinski definition) is 3. The molecule has 7 heteroatoms. The number of aromatic nitrogens is 2. The van der Waals surface area contributed by atoms with Crippen molar-refractivity contribution >= 4 is 44.8 Å². The molecule has 0 amide bonds. The summed E-state index contributed by atoms with van der Waals surface area (Å²) in [5.74, 6) is 0. The first-order valence-electron chi connectivity index (χ1n) is 15.6. The van der Waals surface area contributed by atoms with E-state index in [1.807, 2.05) is 48.5 Å². The summed E-state index contributed by atoms with van der Waals surface area (Å²) < 4.78 is 36.2. The van der Waals surface area contributed by atoms with Crippen LogP contribution in [0.5, 0.6) is 0 Å². The molecular formula is C40H34F2IrN2SSi-2. The van der Waals surface area contributed by atoms with Crippen LogP contribution < -0.4 is 5.19 Å². The Kier molecular flexibility index (Phi) is 10.2. The number of alkyl halides is 2. The molecule has 47 heavy (non-hydrogen) atoms. The van der Waals surface area contributed by atoms with Crippen LogP contribution >= 0.6 is 11.3 Å². The molecule has 0 unspecified atom stereocenters. The average molecular weight is 834 g/mol. The molecule has 239 valence electrons. The normalized spacial score (nSPS) is 11.9. The minimum absolute atomic E-state index is 0. The van der Waals surface area contributed by atoms with Gasteiger partial charge in [0.25, 0.3) is 6.40 Å². The van der Waals surface area contributed by atoms with Gasteiger partial charge in [-0.05, 0) is 69.3 Å². The van der Waals surface area contributed by atoms with Crippen LogP contribution in [-0.2, 0) is 20.1 Å². The maximum absolute atomic E-state index is 13.5. The Bertz CT molecular complexity index is 2190. The number of pyridine rings is 2. The van der Waals surface area contributed by atoms with E-state index in [0.717, 1.165) is 48.1 Å². The van der Waals surface area contributed by atoms with Crippen molar-refractivity contribution in [1.29, 1.82) is 0 Å². The Labute approximate surface area is 295 Å². The van der Waals surface area contributed by atoms with E-state index in [1.165, 1.54) is 29.1 Å². The topological polar surface area (TPSA) is 25.8 Å². The monoisotopic (exact) mass is 834 g/mol. The molecule has 0 bridgehead atoms. The molecule has 0 atom stereocenters. The zero-order valence-electron chi connectivity index (χ0n) is 27.8. The summed E-state index contributed by atoms with van der Waals surface area (Å²) in [7, 11) is -1.27. The van der Waals surface area contributed by atoms with Crippen LogP contribution in [0.25, 0.3) is 53.8 Å². The molecule has 3 heterocycles. The van der Waals surface area contributed by atoms with Crippen molar-refractivity contribution in [2.45, 2.75) is 39.9 Å². The third kappa shape index (κ3) is 7.50. The van der Waals surface area contributed by atoms with Gasteiger partial charge in [-0.2, -0.15) is 11.3 Å². The second-order valence-electron chi connectivity index (χ2n) is 12.3. The smallest absolute Gasteiger partial charge is 0.263 e. The molecule has 0 aliphatic carbocycles. The van der Waals surface area contributed by atoms with E-state index in [1.54, 1.807) is 11.3 Å². The largest absolute Gasteiger partial charge is 0.305 e. The molecule has 3 aromatic heterocycles. The summed E-state index contributed by atoms with van der Waals surface area (Å²) in [6.45, 7) is 11.3. The van der Waals surface area contributed by atoms with Gasteiger partial charge >= 0.3 is 0 Å². The van der Waals surface area contributed by atoms with Crippen LogP contribution in [0.1, 0.15) is 24.5 Å². The van der Waals surface area contributed by atoms with Gasteiger partial charge in [0.1, 0.15) is 1.37 Å². The van der Waals surface area contributed by atoms with Crippen LogP contribution in [0.4, 0.5) is 8.78 Å². The fraction of sp³-hybridized carbons (Fsp3) is 0.150. The van der Waals surface area contributed by atoms with Crippen molar-refractivity contribution in [1.82, 2.24) is 9.97 Å². The zero-order valence-corrected chi connectivity index (χ0v) is 31.0. The Morgan fingerprint density at radius 2 is 1.51 bits per heavy atom. The number of aryl methyl sites for hydroxylation is 2. The van der Waals surface area contributed by atoms with Gasteiger partial charge in [0, 0.05) is 42.8 Å². The summed E-state index contributed by atoms with van der Waals surface area (Å²) >= 11 is 1.62. The fourth-order valence-electron chi connectivity index (χ4n) is 5.73. The molecule has 2 nitrogen and oxygen atoms in total. The number of fused-ring (bicyclic) bond motifs is 3. The summed E-state index contributed by atoms with van der Waals surface area (Å²) in [6, 6.07) is 37.4. The van der Waals surface area contributed by atoms with Gasteiger partial charge in [-0.3, -0.25) is 0 Å². The molecule has 0 N–H and O–H groups in total. The van der Waals surface area contributed by atoms with Crippen LogP contribution in [0.3, 0.4) is 0 Å². The van der Waals surface area contributed by atoms with Gasteiger partial charge in [0.05, 0.1) is 8.07 Å². The molecule has 1 radical (unpaired) electrons. The molecule has 0 spiro atoms. The van der Waals surface area contributed by atoms with Crippen LogP contribution in [0.15, 0.2) is 109 Å². The minimum Gasteiger partial charge on any atom is -0.305 e. The quantitative estimate of drug-likeness (QED) is 0.128. The molecule has 0 aliphatic rings. The molecule has 7 rings (SSSR count). The first-order chi connectivity index (χ1) is 22.4. The molecule has 0 saturated carbocycles. The number of rotatable bonds is 5. The van der Waals surface area contributed by atoms with Crippen molar-refractivity contribution in [3.63, 3.8) is 0 Å². The second kappa shape index (κ2) is 14.5. The molecule has 0 saturated heterocycles. The maximum atomic E-state index is 13.5. The Morgan fingerprint density at radius 3 is 2.19 bits per heavy atom. The van der Waals surface area contributed by atoms with E-state index in [0.29, 0.717) is 11.3 Å². The summed E-state index contributed by atoms with van der Waals surface area (Å²) in [6.07, 6.45) is -0.281. The Hall–Kier alpha value is -3.87. The van der Waals surface area contributed by atoms with E-state index >= 15 is 0 Å². The SMILES string of the molecule is Cc1cc(-c2[c-]cccc2)ncc1[Si](C)(C)C.[2H]C(F)(F)c1ccnc(-c2[c-]ccc3c2sc2c(C)cc(-c4ccccc4)cc23)c1.[Ir]. The second-order valence-corrected chi connectivity index (χ2v) is 18.4. The summed E-state index contributed by atoms with van der Waals surface area (Å²) in [5, 5.41) is 3.62. The van der Waals surface area contributed by atoms with Gasteiger partial charge in [-0.1, -0.05) is 79.1 Å². The first kappa shape index (κ1) is 33.0. The number of nitrogens with zero attached hydrogens (tertiary/aromatic N) is 2. The van der Waals surface area contributed by atoms with Gasteiger partial charge < -0.3 is 9.97 Å². The molecule has 0 fully saturated rings. The van der Waals surface area contributed by atoms with E-state index < -0.39 is 14.5 Å². The third-order valence-electron chi connectivity index (χ3n) is 7.96. The van der Waals surface area contributed by atoms with E-state index in [4.69, 9.17) is 1.37 Å². The summed E-state index contributed by atoms with van der Waals surface area (Å²) in [5.41, 5.74) is 7.60. The van der Waals surface area contributed by atoms with Crippen molar-refractivity contribution in [2.24, 2.45) is 0 Å². The van der Waals surface area contributed by atoms with Crippen LogP contribution in [-0.4, -0.2) is 18.0 Å². The number of halogens is 2. The summed E-state index contributed by atoms with van der Waals surface area (Å²) in [4.78, 5) is 8.87. The Balaban J connectivity index is 0.000000214. The minimum atomic E-state index is -3.66. The average Bonchev–Trinajstić information content (AvgIpc) is 3.44. The number of thiophene rings is 1. The van der Waals surface area contributed by atoms with Crippen LogP contribution in [0.2, 0.25) is 19.6 Å². The third-order valence-corrected chi connectivity index (χ3v) is 11.5. The molecular weight excluding hydrogens is 799 g/mol. The number of benzene rings is 4. The van der Waals surface area contributed by atoms with Gasteiger partial charge in [0.2, 0.25) is 0 Å².